The number of halogens is 1. The van der Waals surface area contributed by atoms with Crippen LogP contribution in [0.15, 0.2) is 18.2 Å². The van der Waals surface area contributed by atoms with E-state index in [-0.39, 0.29) is 5.91 Å². The molecular formula is C15H23ClN2O. The van der Waals surface area contributed by atoms with E-state index in [0.717, 1.165) is 24.2 Å². The molecule has 3 nitrogen and oxygen atoms in total. The predicted molar refractivity (Wildman–Crippen MR) is 83.1 cm³/mol. The van der Waals surface area contributed by atoms with Gasteiger partial charge in [-0.25, -0.2) is 0 Å². The first kappa shape index (κ1) is 15.8. The molecule has 0 aliphatic rings. The normalized spacial score (nSPS) is 12.1. The predicted octanol–water partition coefficient (Wildman–Crippen LogP) is 4.17. The van der Waals surface area contributed by atoms with Crippen molar-refractivity contribution >= 4 is 28.9 Å². The van der Waals surface area contributed by atoms with E-state index in [1.807, 2.05) is 37.2 Å². The van der Waals surface area contributed by atoms with Gasteiger partial charge < -0.3 is 10.2 Å². The second kappa shape index (κ2) is 7.39. The minimum Gasteiger partial charge on any atom is -0.375 e. The molecule has 1 unspecified atom stereocenters. The van der Waals surface area contributed by atoms with E-state index in [9.17, 15) is 4.79 Å². The smallest absolute Gasteiger partial charge is 0.224 e. The molecule has 1 amide bonds. The second-order valence-electron chi connectivity index (χ2n) is 5.18. The Morgan fingerprint density at radius 2 is 2.11 bits per heavy atom. The van der Waals surface area contributed by atoms with Crippen molar-refractivity contribution in [1.82, 2.24) is 0 Å². The van der Waals surface area contributed by atoms with Gasteiger partial charge in [-0.2, -0.15) is 0 Å². The molecule has 106 valence electrons. The molecule has 0 heterocycles. The maximum Gasteiger partial charge on any atom is 0.224 e. The highest BCUT2D eigenvalue weighted by molar-refractivity contribution is 6.34. The van der Waals surface area contributed by atoms with Crippen molar-refractivity contribution in [3.05, 3.63) is 23.2 Å². The summed E-state index contributed by atoms with van der Waals surface area (Å²) in [5.41, 5.74) is 1.62. The zero-order valence-electron chi connectivity index (χ0n) is 12.2. The van der Waals surface area contributed by atoms with Crippen LogP contribution in [-0.2, 0) is 4.79 Å². The largest absolute Gasteiger partial charge is 0.375 e. The summed E-state index contributed by atoms with van der Waals surface area (Å²) in [6.45, 7) is 4.24. The highest BCUT2D eigenvalue weighted by atomic mass is 35.5. The van der Waals surface area contributed by atoms with Crippen LogP contribution in [0, 0.1) is 5.92 Å². The Morgan fingerprint density at radius 3 is 2.68 bits per heavy atom. The van der Waals surface area contributed by atoms with E-state index in [2.05, 4.69) is 19.2 Å². The number of anilines is 2. The van der Waals surface area contributed by atoms with Crippen LogP contribution in [-0.4, -0.2) is 20.0 Å². The fourth-order valence-corrected chi connectivity index (χ4v) is 2.53. The standard InChI is InChI=1S/C15H23ClN2O/c1-5-7-11(2)10-14(19)17-13-9-6-8-12(16)15(13)18(3)4/h6,8-9,11H,5,7,10H2,1-4H3,(H,17,19). The van der Waals surface area contributed by atoms with Crippen LogP contribution in [0.4, 0.5) is 11.4 Å². The van der Waals surface area contributed by atoms with Crippen molar-refractivity contribution in [2.75, 3.05) is 24.3 Å². The molecule has 1 N–H and O–H groups in total. The van der Waals surface area contributed by atoms with E-state index in [1.165, 1.54) is 0 Å². The number of para-hydroxylation sites is 1. The van der Waals surface area contributed by atoms with Gasteiger partial charge in [-0.3, -0.25) is 4.79 Å². The number of hydrogen-bond donors (Lipinski definition) is 1. The van der Waals surface area contributed by atoms with Crippen molar-refractivity contribution in [3.8, 4) is 0 Å². The fraction of sp³-hybridized carbons (Fsp3) is 0.533. The van der Waals surface area contributed by atoms with Crippen molar-refractivity contribution in [2.45, 2.75) is 33.1 Å². The lowest BCUT2D eigenvalue weighted by Crippen LogP contribution is -2.18. The molecule has 0 fully saturated rings. The maximum absolute atomic E-state index is 12.0. The van der Waals surface area contributed by atoms with Crippen LogP contribution in [0.5, 0.6) is 0 Å². The Morgan fingerprint density at radius 1 is 1.42 bits per heavy atom. The summed E-state index contributed by atoms with van der Waals surface area (Å²) >= 11 is 6.17. The average molecular weight is 283 g/mol. The molecule has 0 aromatic heterocycles. The summed E-state index contributed by atoms with van der Waals surface area (Å²) in [7, 11) is 3.83. The van der Waals surface area contributed by atoms with Crippen LogP contribution in [0.3, 0.4) is 0 Å². The van der Waals surface area contributed by atoms with Crippen molar-refractivity contribution in [3.63, 3.8) is 0 Å². The molecule has 19 heavy (non-hydrogen) atoms. The van der Waals surface area contributed by atoms with Gasteiger partial charge >= 0.3 is 0 Å². The molecule has 0 bridgehead atoms. The lowest BCUT2D eigenvalue weighted by Gasteiger charge is -2.20. The zero-order chi connectivity index (χ0) is 14.4. The van der Waals surface area contributed by atoms with Crippen molar-refractivity contribution in [2.24, 2.45) is 5.92 Å². The third-order valence-electron chi connectivity index (χ3n) is 3.02. The molecule has 0 aliphatic heterocycles. The zero-order valence-corrected chi connectivity index (χ0v) is 12.9. The van der Waals surface area contributed by atoms with Crippen LogP contribution >= 0.6 is 11.6 Å². The van der Waals surface area contributed by atoms with Crippen molar-refractivity contribution in [1.29, 1.82) is 0 Å². The summed E-state index contributed by atoms with van der Waals surface area (Å²) in [6.07, 6.45) is 2.73. The van der Waals surface area contributed by atoms with Crippen LogP contribution in [0.1, 0.15) is 33.1 Å². The maximum atomic E-state index is 12.0. The quantitative estimate of drug-likeness (QED) is 0.849. The lowest BCUT2D eigenvalue weighted by atomic mass is 10.0. The van der Waals surface area contributed by atoms with E-state index >= 15 is 0 Å². The van der Waals surface area contributed by atoms with E-state index < -0.39 is 0 Å². The Hall–Kier alpha value is -1.22. The molecule has 1 atom stereocenters. The van der Waals surface area contributed by atoms with E-state index in [1.54, 1.807) is 0 Å². The van der Waals surface area contributed by atoms with Gasteiger partial charge in [-0.15, -0.1) is 0 Å². The van der Waals surface area contributed by atoms with Crippen molar-refractivity contribution < 1.29 is 4.79 Å². The van der Waals surface area contributed by atoms with Gasteiger partial charge in [0.2, 0.25) is 5.91 Å². The van der Waals surface area contributed by atoms with E-state index in [0.29, 0.717) is 17.4 Å². The van der Waals surface area contributed by atoms with Crippen LogP contribution in [0.2, 0.25) is 5.02 Å². The molecule has 0 aliphatic carbocycles. The average Bonchev–Trinajstić information content (AvgIpc) is 2.28. The first-order chi connectivity index (χ1) is 8.95. The van der Waals surface area contributed by atoms with Crippen LogP contribution in [0.25, 0.3) is 0 Å². The minimum atomic E-state index is 0.0475. The number of rotatable bonds is 6. The SMILES string of the molecule is CCCC(C)CC(=O)Nc1cccc(Cl)c1N(C)C. The van der Waals surface area contributed by atoms with Crippen LogP contribution < -0.4 is 10.2 Å². The Bertz CT molecular complexity index is 432. The number of carbonyl (C=O) groups excluding carboxylic acids is 1. The lowest BCUT2D eigenvalue weighted by molar-refractivity contribution is -0.117. The van der Waals surface area contributed by atoms with Gasteiger partial charge in [-0.05, 0) is 18.1 Å². The minimum absolute atomic E-state index is 0.0475. The number of amides is 1. The second-order valence-corrected chi connectivity index (χ2v) is 5.58. The molecule has 0 saturated heterocycles. The number of benzene rings is 1. The molecule has 0 spiro atoms. The van der Waals surface area contributed by atoms with Gasteiger partial charge in [0, 0.05) is 20.5 Å². The van der Waals surface area contributed by atoms with Gasteiger partial charge in [-0.1, -0.05) is 44.4 Å². The number of hydrogen-bond acceptors (Lipinski definition) is 2. The molecule has 1 aromatic rings. The first-order valence-electron chi connectivity index (χ1n) is 6.71. The summed E-state index contributed by atoms with van der Waals surface area (Å²) in [5, 5.41) is 3.60. The Balaban J connectivity index is 2.77. The molecule has 0 saturated carbocycles. The summed E-state index contributed by atoms with van der Waals surface area (Å²) in [5.74, 6) is 0.457. The molecule has 1 rings (SSSR count). The topological polar surface area (TPSA) is 32.3 Å². The first-order valence-corrected chi connectivity index (χ1v) is 7.09. The molecule has 0 radical (unpaired) electrons. The highest BCUT2D eigenvalue weighted by Gasteiger charge is 2.13. The third-order valence-corrected chi connectivity index (χ3v) is 3.33. The highest BCUT2D eigenvalue weighted by Crippen LogP contribution is 2.32. The fourth-order valence-electron chi connectivity index (χ4n) is 2.18. The summed E-state index contributed by atoms with van der Waals surface area (Å²) in [4.78, 5) is 13.9. The number of nitrogens with one attached hydrogen (secondary N) is 1. The Labute approximate surface area is 120 Å². The number of nitrogens with zero attached hydrogens (tertiary/aromatic N) is 1. The summed E-state index contributed by atoms with van der Waals surface area (Å²) in [6, 6.07) is 5.55. The van der Waals surface area contributed by atoms with Gasteiger partial charge in [0.05, 0.1) is 16.4 Å². The van der Waals surface area contributed by atoms with Gasteiger partial charge in [0.15, 0.2) is 0 Å². The summed E-state index contributed by atoms with van der Waals surface area (Å²) < 4.78 is 0. The number of carbonyl (C=O) groups is 1. The molecule has 1 aromatic carbocycles. The van der Waals surface area contributed by atoms with E-state index in [4.69, 9.17) is 11.6 Å². The van der Waals surface area contributed by atoms with Gasteiger partial charge in [0.1, 0.15) is 0 Å². The third kappa shape index (κ3) is 4.75. The monoisotopic (exact) mass is 282 g/mol. The molecule has 4 heteroatoms. The molecular weight excluding hydrogens is 260 g/mol. The van der Waals surface area contributed by atoms with Gasteiger partial charge in [0.25, 0.3) is 0 Å². The Kier molecular flexibility index (Phi) is 6.16.